The molecule has 0 fully saturated rings. The van der Waals surface area contributed by atoms with Crippen molar-refractivity contribution >= 4 is 11.6 Å². The van der Waals surface area contributed by atoms with Crippen LogP contribution in [-0.2, 0) is 6.42 Å². The Morgan fingerprint density at radius 2 is 2.11 bits per heavy atom. The van der Waals surface area contributed by atoms with E-state index in [2.05, 4.69) is 4.98 Å². The second kappa shape index (κ2) is 6.04. The maximum atomic E-state index is 10.2. The number of ether oxygens (including phenoxy) is 1. The summed E-state index contributed by atoms with van der Waals surface area (Å²) in [7, 11) is 1.63. The van der Waals surface area contributed by atoms with E-state index in [1.807, 2.05) is 25.1 Å². The monoisotopic (exact) mass is 277 g/mol. The Balaban J connectivity index is 2.20. The molecule has 100 valence electrons. The van der Waals surface area contributed by atoms with Crippen LogP contribution in [0, 0.1) is 6.92 Å². The zero-order valence-electron chi connectivity index (χ0n) is 10.9. The summed E-state index contributed by atoms with van der Waals surface area (Å²) in [6.45, 7) is 2.01. The minimum atomic E-state index is -0.673. The number of benzene rings is 1. The molecule has 3 nitrogen and oxygen atoms in total. The Labute approximate surface area is 117 Å². The average molecular weight is 278 g/mol. The van der Waals surface area contributed by atoms with Gasteiger partial charge in [-0.2, -0.15) is 0 Å². The molecule has 0 saturated carbocycles. The maximum absolute atomic E-state index is 10.2. The molecule has 1 aromatic carbocycles. The molecule has 2 rings (SSSR count). The van der Waals surface area contributed by atoms with Crippen molar-refractivity contribution in [2.24, 2.45) is 0 Å². The van der Waals surface area contributed by atoms with E-state index in [1.165, 1.54) is 6.20 Å². The van der Waals surface area contributed by atoms with Crippen LogP contribution in [0.5, 0.6) is 5.75 Å². The fourth-order valence-corrected chi connectivity index (χ4v) is 2.08. The predicted molar refractivity (Wildman–Crippen MR) is 75.6 cm³/mol. The lowest BCUT2D eigenvalue weighted by atomic mass is 10.0. The van der Waals surface area contributed by atoms with Crippen LogP contribution in [-0.4, -0.2) is 17.2 Å². The van der Waals surface area contributed by atoms with Gasteiger partial charge in [-0.3, -0.25) is 4.98 Å². The Kier molecular flexibility index (Phi) is 4.40. The standard InChI is InChI=1S/C15H16ClNO2/c1-10-3-6-15(19-2)11(7-10)8-14(18)13-5-4-12(16)9-17-13/h3-7,9,14,18H,8H2,1-2H3. The van der Waals surface area contributed by atoms with Gasteiger partial charge in [0.25, 0.3) is 0 Å². The van der Waals surface area contributed by atoms with E-state index in [4.69, 9.17) is 16.3 Å². The van der Waals surface area contributed by atoms with Gasteiger partial charge < -0.3 is 9.84 Å². The molecule has 2 aromatic rings. The van der Waals surface area contributed by atoms with Gasteiger partial charge in [-0.15, -0.1) is 0 Å². The first-order chi connectivity index (χ1) is 9.10. The van der Waals surface area contributed by atoms with Crippen LogP contribution in [0.1, 0.15) is 22.9 Å². The molecule has 1 N–H and O–H groups in total. The van der Waals surface area contributed by atoms with Gasteiger partial charge in [-0.25, -0.2) is 0 Å². The predicted octanol–water partition coefficient (Wildman–Crippen LogP) is 3.33. The molecule has 0 aliphatic rings. The third-order valence-electron chi connectivity index (χ3n) is 2.94. The number of methoxy groups -OCH3 is 1. The Morgan fingerprint density at radius 1 is 1.32 bits per heavy atom. The molecule has 1 unspecified atom stereocenters. The average Bonchev–Trinajstić information content (AvgIpc) is 2.39. The number of halogens is 1. The quantitative estimate of drug-likeness (QED) is 0.932. The van der Waals surface area contributed by atoms with Crippen LogP contribution in [0.4, 0.5) is 0 Å². The first-order valence-electron chi connectivity index (χ1n) is 6.03. The summed E-state index contributed by atoms with van der Waals surface area (Å²) in [6.07, 6.45) is 1.32. The van der Waals surface area contributed by atoms with Crippen LogP contribution in [0.15, 0.2) is 36.5 Å². The second-order valence-corrected chi connectivity index (χ2v) is 4.87. The molecule has 1 atom stereocenters. The summed E-state index contributed by atoms with van der Waals surface area (Å²) in [4.78, 5) is 4.13. The van der Waals surface area contributed by atoms with Gasteiger partial charge in [-0.1, -0.05) is 29.3 Å². The molecule has 0 aliphatic carbocycles. The summed E-state index contributed by atoms with van der Waals surface area (Å²) in [5.74, 6) is 0.776. The van der Waals surface area contributed by atoms with Crippen molar-refractivity contribution in [3.05, 3.63) is 58.4 Å². The zero-order valence-corrected chi connectivity index (χ0v) is 11.7. The van der Waals surface area contributed by atoms with E-state index in [9.17, 15) is 5.11 Å². The maximum Gasteiger partial charge on any atom is 0.122 e. The Hall–Kier alpha value is -1.58. The van der Waals surface area contributed by atoms with Crippen molar-refractivity contribution in [2.75, 3.05) is 7.11 Å². The number of aliphatic hydroxyl groups excluding tert-OH is 1. The number of aliphatic hydroxyl groups is 1. The lowest BCUT2D eigenvalue weighted by Gasteiger charge is -2.13. The highest BCUT2D eigenvalue weighted by Crippen LogP contribution is 2.25. The summed E-state index contributed by atoms with van der Waals surface area (Å²) in [5, 5.41) is 10.8. The third-order valence-corrected chi connectivity index (χ3v) is 3.16. The Bertz CT molecular complexity index is 555. The fraction of sp³-hybridized carbons (Fsp3) is 0.267. The summed E-state index contributed by atoms with van der Waals surface area (Å²) >= 11 is 5.78. The van der Waals surface area contributed by atoms with Crippen LogP contribution in [0.25, 0.3) is 0 Å². The molecule has 0 aliphatic heterocycles. The van der Waals surface area contributed by atoms with E-state index < -0.39 is 6.10 Å². The molecule has 0 saturated heterocycles. The van der Waals surface area contributed by atoms with Gasteiger partial charge in [0.2, 0.25) is 0 Å². The molecular weight excluding hydrogens is 262 g/mol. The zero-order chi connectivity index (χ0) is 13.8. The number of rotatable bonds is 4. The lowest BCUT2D eigenvalue weighted by Crippen LogP contribution is -2.05. The fourth-order valence-electron chi connectivity index (χ4n) is 1.96. The van der Waals surface area contributed by atoms with Gasteiger partial charge in [0.1, 0.15) is 11.9 Å². The highest BCUT2D eigenvalue weighted by molar-refractivity contribution is 6.30. The van der Waals surface area contributed by atoms with Crippen molar-refractivity contribution in [3.8, 4) is 5.75 Å². The molecule has 1 aromatic heterocycles. The van der Waals surface area contributed by atoms with Crippen LogP contribution < -0.4 is 4.74 Å². The van der Waals surface area contributed by atoms with Crippen molar-refractivity contribution < 1.29 is 9.84 Å². The van der Waals surface area contributed by atoms with E-state index in [0.29, 0.717) is 17.1 Å². The van der Waals surface area contributed by atoms with Gasteiger partial charge >= 0.3 is 0 Å². The second-order valence-electron chi connectivity index (χ2n) is 4.44. The van der Waals surface area contributed by atoms with E-state index in [1.54, 1.807) is 19.2 Å². The highest BCUT2D eigenvalue weighted by atomic mass is 35.5. The molecule has 0 radical (unpaired) electrons. The normalized spacial score (nSPS) is 12.2. The molecule has 0 bridgehead atoms. The Morgan fingerprint density at radius 3 is 2.74 bits per heavy atom. The minimum Gasteiger partial charge on any atom is -0.496 e. The van der Waals surface area contributed by atoms with Crippen LogP contribution in [0.3, 0.4) is 0 Å². The van der Waals surface area contributed by atoms with Crippen molar-refractivity contribution in [3.63, 3.8) is 0 Å². The molecule has 19 heavy (non-hydrogen) atoms. The van der Waals surface area contributed by atoms with Gasteiger partial charge in [0.15, 0.2) is 0 Å². The van der Waals surface area contributed by atoms with Crippen molar-refractivity contribution in [2.45, 2.75) is 19.4 Å². The summed E-state index contributed by atoms with van der Waals surface area (Å²) < 4.78 is 5.30. The summed E-state index contributed by atoms with van der Waals surface area (Å²) in [6, 6.07) is 9.36. The summed E-state index contributed by atoms with van der Waals surface area (Å²) in [5.41, 5.74) is 2.70. The van der Waals surface area contributed by atoms with E-state index in [-0.39, 0.29) is 0 Å². The molecule has 4 heteroatoms. The van der Waals surface area contributed by atoms with E-state index in [0.717, 1.165) is 16.9 Å². The van der Waals surface area contributed by atoms with Crippen molar-refractivity contribution in [1.29, 1.82) is 0 Å². The third kappa shape index (κ3) is 3.46. The van der Waals surface area contributed by atoms with Crippen LogP contribution in [0.2, 0.25) is 5.02 Å². The van der Waals surface area contributed by atoms with Crippen molar-refractivity contribution in [1.82, 2.24) is 4.98 Å². The SMILES string of the molecule is COc1ccc(C)cc1CC(O)c1ccc(Cl)cn1. The number of hydrogen-bond donors (Lipinski definition) is 1. The first kappa shape index (κ1) is 13.8. The van der Waals surface area contributed by atoms with Crippen LogP contribution >= 0.6 is 11.6 Å². The number of aryl methyl sites for hydroxylation is 1. The van der Waals surface area contributed by atoms with E-state index >= 15 is 0 Å². The molecule has 0 amide bonds. The largest absolute Gasteiger partial charge is 0.496 e. The first-order valence-corrected chi connectivity index (χ1v) is 6.41. The number of aromatic nitrogens is 1. The smallest absolute Gasteiger partial charge is 0.122 e. The topological polar surface area (TPSA) is 42.4 Å². The molecule has 1 heterocycles. The van der Waals surface area contributed by atoms with Gasteiger partial charge in [0.05, 0.1) is 17.8 Å². The van der Waals surface area contributed by atoms with Gasteiger partial charge in [0, 0.05) is 12.6 Å². The molecular formula is C15H16ClNO2. The molecule has 0 spiro atoms. The number of nitrogens with zero attached hydrogens (tertiary/aromatic N) is 1. The lowest BCUT2D eigenvalue weighted by molar-refractivity contribution is 0.172. The number of pyridine rings is 1. The highest BCUT2D eigenvalue weighted by Gasteiger charge is 2.13. The number of hydrogen-bond acceptors (Lipinski definition) is 3. The van der Waals surface area contributed by atoms with Gasteiger partial charge in [-0.05, 0) is 30.7 Å². The minimum absolute atomic E-state index is 0.458.